The van der Waals surface area contributed by atoms with Crippen molar-refractivity contribution in [2.24, 2.45) is 0 Å². The summed E-state index contributed by atoms with van der Waals surface area (Å²) in [5.41, 5.74) is -1.72. The molecule has 1 aliphatic rings. The van der Waals surface area contributed by atoms with Crippen LogP contribution in [0.5, 0.6) is 5.75 Å². The number of nitrogens with zero attached hydrogens (tertiary/aromatic N) is 1. The topological polar surface area (TPSA) is 75.7 Å². The van der Waals surface area contributed by atoms with Gasteiger partial charge in [0.25, 0.3) is 11.8 Å². The first-order valence-corrected chi connectivity index (χ1v) is 8.42. The normalized spacial score (nSPS) is 16.2. The van der Waals surface area contributed by atoms with E-state index in [1.807, 2.05) is 5.32 Å². The highest BCUT2D eigenvalue weighted by molar-refractivity contribution is 6.42. The number of anilines is 1. The van der Waals surface area contributed by atoms with Gasteiger partial charge < -0.3 is 4.74 Å². The van der Waals surface area contributed by atoms with E-state index in [2.05, 4.69) is 0 Å². The number of hydrogen-bond acceptors (Lipinski definition) is 4. The molecule has 4 amide bonds. The predicted octanol–water partition coefficient (Wildman–Crippen LogP) is 4.03. The molecule has 2 aromatic carbocycles. The van der Waals surface area contributed by atoms with Crippen molar-refractivity contribution in [3.8, 4) is 5.75 Å². The van der Waals surface area contributed by atoms with Gasteiger partial charge in [0.05, 0.1) is 23.4 Å². The van der Waals surface area contributed by atoms with Crippen LogP contribution in [-0.2, 0) is 15.8 Å². The molecule has 29 heavy (non-hydrogen) atoms. The van der Waals surface area contributed by atoms with Crippen molar-refractivity contribution in [3.05, 3.63) is 64.2 Å². The summed E-state index contributed by atoms with van der Waals surface area (Å²) in [5.74, 6) is -1.77. The van der Waals surface area contributed by atoms with Crippen molar-refractivity contribution < 1.29 is 32.3 Å². The summed E-state index contributed by atoms with van der Waals surface area (Å²) in [6, 6.07) is 7.44. The highest BCUT2D eigenvalue weighted by atomic mass is 35.5. The molecule has 2 aromatic rings. The number of carbonyl (C=O) groups is 3. The van der Waals surface area contributed by atoms with E-state index in [0.717, 1.165) is 12.1 Å². The third-order valence-electron chi connectivity index (χ3n) is 4.05. The minimum atomic E-state index is -4.72. The number of amides is 4. The number of halogens is 4. The Bertz CT molecular complexity index is 1050. The van der Waals surface area contributed by atoms with Crippen molar-refractivity contribution >= 4 is 41.2 Å². The fraction of sp³-hybridized carbons (Fsp3) is 0.105. The second-order valence-electron chi connectivity index (χ2n) is 5.86. The van der Waals surface area contributed by atoms with Crippen molar-refractivity contribution in [2.75, 3.05) is 12.0 Å². The number of carbonyl (C=O) groups excluding carboxylic acids is 3. The largest absolute Gasteiger partial charge is 0.496 e. The summed E-state index contributed by atoms with van der Waals surface area (Å²) < 4.78 is 44.3. The standard InChI is InChI=1S/C19H12ClF3N2O4/c1-29-15-5-3-2-4-10(15)8-12-16(26)24-18(28)25(17(12)27)14-9-11(19(21,22)23)6-7-13(14)20/h2-9H,1H3,(H,24,26,28). The first-order chi connectivity index (χ1) is 13.6. The first kappa shape index (κ1) is 20.4. The van der Waals surface area contributed by atoms with Gasteiger partial charge in [-0.15, -0.1) is 0 Å². The van der Waals surface area contributed by atoms with Crippen LogP contribution in [0.3, 0.4) is 0 Å². The van der Waals surface area contributed by atoms with E-state index in [-0.39, 0.29) is 5.02 Å². The van der Waals surface area contributed by atoms with Gasteiger partial charge in [-0.1, -0.05) is 29.8 Å². The van der Waals surface area contributed by atoms with Crippen molar-refractivity contribution in [3.63, 3.8) is 0 Å². The molecule has 150 valence electrons. The summed E-state index contributed by atoms with van der Waals surface area (Å²) in [5, 5.41) is 1.66. The van der Waals surface area contributed by atoms with Crippen LogP contribution in [0.25, 0.3) is 6.08 Å². The summed E-state index contributed by atoms with van der Waals surface area (Å²) in [6.07, 6.45) is -3.54. The van der Waals surface area contributed by atoms with Crippen molar-refractivity contribution in [1.29, 1.82) is 0 Å². The average Bonchev–Trinajstić information content (AvgIpc) is 2.65. The van der Waals surface area contributed by atoms with E-state index in [1.54, 1.807) is 24.3 Å². The molecule has 0 bridgehead atoms. The summed E-state index contributed by atoms with van der Waals surface area (Å²) in [7, 11) is 1.39. The van der Waals surface area contributed by atoms with Gasteiger partial charge in [-0.05, 0) is 30.3 Å². The molecule has 0 unspecified atom stereocenters. The Morgan fingerprint density at radius 3 is 2.45 bits per heavy atom. The van der Waals surface area contributed by atoms with Gasteiger partial charge in [-0.3, -0.25) is 14.9 Å². The van der Waals surface area contributed by atoms with E-state index in [4.69, 9.17) is 16.3 Å². The lowest BCUT2D eigenvalue weighted by molar-refractivity contribution is -0.137. The van der Waals surface area contributed by atoms with Crippen LogP contribution in [0.2, 0.25) is 5.02 Å². The van der Waals surface area contributed by atoms with Gasteiger partial charge >= 0.3 is 12.2 Å². The smallest absolute Gasteiger partial charge is 0.416 e. The maximum atomic E-state index is 13.0. The Morgan fingerprint density at radius 2 is 1.79 bits per heavy atom. The summed E-state index contributed by atoms with van der Waals surface area (Å²) in [4.78, 5) is 37.7. The SMILES string of the molecule is COc1ccccc1C=C1C(=O)NC(=O)N(c2cc(C(F)(F)F)ccc2Cl)C1=O. The third-order valence-corrected chi connectivity index (χ3v) is 4.37. The minimum absolute atomic E-state index is 0.271. The molecule has 1 fully saturated rings. The predicted molar refractivity (Wildman–Crippen MR) is 98.4 cm³/mol. The number of nitrogens with one attached hydrogen (secondary N) is 1. The van der Waals surface area contributed by atoms with Crippen LogP contribution in [0.4, 0.5) is 23.7 Å². The number of barbiturate groups is 1. The lowest BCUT2D eigenvalue weighted by Gasteiger charge is -2.27. The molecule has 10 heteroatoms. The van der Waals surface area contributed by atoms with Gasteiger partial charge in [-0.2, -0.15) is 13.2 Å². The Morgan fingerprint density at radius 1 is 1.10 bits per heavy atom. The molecule has 1 saturated heterocycles. The van der Waals surface area contributed by atoms with E-state index < -0.39 is 40.8 Å². The van der Waals surface area contributed by atoms with Crippen LogP contribution in [0.1, 0.15) is 11.1 Å². The third kappa shape index (κ3) is 3.95. The number of rotatable bonds is 3. The molecule has 0 saturated carbocycles. The first-order valence-electron chi connectivity index (χ1n) is 8.04. The molecule has 1 N–H and O–H groups in total. The zero-order valence-corrected chi connectivity index (χ0v) is 15.5. The van der Waals surface area contributed by atoms with Gasteiger partial charge in [0.1, 0.15) is 11.3 Å². The number of benzene rings is 2. The summed E-state index contributed by atoms with van der Waals surface area (Å²) >= 11 is 5.94. The highest BCUT2D eigenvalue weighted by Gasteiger charge is 2.39. The van der Waals surface area contributed by atoms with E-state index in [0.29, 0.717) is 22.3 Å². The zero-order chi connectivity index (χ0) is 21.3. The van der Waals surface area contributed by atoms with Gasteiger partial charge in [0, 0.05) is 5.56 Å². The highest BCUT2D eigenvalue weighted by Crippen LogP contribution is 2.36. The van der Waals surface area contributed by atoms with Gasteiger partial charge in [0.15, 0.2) is 0 Å². The van der Waals surface area contributed by atoms with Gasteiger partial charge in [0.2, 0.25) is 0 Å². The molecule has 0 aromatic heterocycles. The molecule has 1 aliphatic heterocycles. The lowest BCUT2D eigenvalue weighted by Crippen LogP contribution is -2.54. The van der Waals surface area contributed by atoms with Crippen LogP contribution < -0.4 is 15.0 Å². The molecule has 6 nitrogen and oxygen atoms in total. The lowest BCUT2D eigenvalue weighted by atomic mass is 10.1. The number of para-hydroxylation sites is 1. The van der Waals surface area contributed by atoms with Crippen molar-refractivity contribution in [2.45, 2.75) is 6.18 Å². The van der Waals surface area contributed by atoms with Crippen LogP contribution >= 0.6 is 11.6 Å². The summed E-state index contributed by atoms with van der Waals surface area (Å²) in [6.45, 7) is 0. The fourth-order valence-electron chi connectivity index (χ4n) is 2.68. The number of hydrogen-bond donors (Lipinski definition) is 1. The fourth-order valence-corrected chi connectivity index (χ4v) is 2.88. The van der Waals surface area contributed by atoms with Gasteiger partial charge in [-0.25, -0.2) is 9.69 Å². The number of imide groups is 2. The number of urea groups is 1. The average molecular weight is 425 g/mol. The maximum Gasteiger partial charge on any atom is 0.416 e. The zero-order valence-electron chi connectivity index (χ0n) is 14.7. The number of ether oxygens (including phenoxy) is 1. The Labute approximate surface area is 167 Å². The minimum Gasteiger partial charge on any atom is -0.496 e. The van der Waals surface area contributed by atoms with Crippen LogP contribution in [-0.4, -0.2) is 25.0 Å². The van der Waals surface area contributed by atoms with E-state index in [9.17, 15) is 27.6 Å². The van der Waals surface area contributed by atoms with E-state index in [1.165, 1.54) is 13.2 Å². The van der Waals surface area contributed by atoms with Crippen LogP contribution in [0.15, 0.2) is 48.0 Å². The Hall–Kier alpha value is -3.33. The van der Waals surface area contributed by atoms with Crippen molar-refractivity contribution in [1.82, 2.24) is 5.32 Å². The quantitative estimate of drug-likeness (QED) is 0.596. The number of alkyl halides is 3. The monoisotopic (exact) mass is 424 g/mol. The second-order valence-corrected chi connectivity index (χ2v) is 6.27. The molecule has 1 heterocycles. The molecule has 0 aliphatic carbocycles. The molecule has 0 atom stereocenters. The Kier molecular flexibility index (Phi) is 5.34. The Balaban J connectivity index is 2.10. The number of methoxy groups -OCH3 is 1. The second kappa shape index (κ2) is 7.59. The molecular formula is C19H12ClF3N2O4. The molecule has 3 rings (SSSR count). The van der Waals surface area contributed by atoms with E-state index >= 15 is 0 Å². The molecular weight excluding hydrogens is 413 g/mol. The molecule has 0 spiro atoms. The molecule has 0 radical (unpaired) electrons. The van der Waals surface area contributed by atoms with Crippen LogP contribution in [0, 0.1) is 0 Å². The maximum absolute atomic E-state index is 13.0.